The van der Waals surface area contributed by atoms with Crippen LogP contribution in [0.3, 0.4) is 0 Å². The van der Waals surface area contributed by atoms with Gasteiger partial charge in [-0.25, -0.2) is 4.39 Å². The van der Waals surface area contributed by atoms with E-state index in [1.807, 2.05) is 0 Å². The van der Waals surface area contributed by atoms with Crippen LogP contribution in [0.1, 0.15) is 5.56 Å². The molecule has 2 aromatic carbocycles. The van der Waals surface area contributed by atoms with Gasteiger partial charge in [-0.3, -0.25) is 0 Å². The number of hydrogen-bond donors (Lipinski definition) is 1. The van der Waals surface area contributed by atoms with E-state index in [1.54, 1.807) is 18.2 Å². The zero-order valence-electron chi connectivity index (χ0n) is 9.29. The van der Waals surface area contributed by atoms with Crippen molar-refractivity contribution in [2.75, 3.05) is 0 Å². The fourth-order valence-corrected chi connectivity index (χ4v) is 1.96. The maximum Gasteiger partial charge on any atom is 0.146 e. The smallest absolute Gasteiger partial charge is 0.146 e. The molecule has 0 aliphatic carbocycles. The lowest BCUT2D eigenvalue weighted by atomic mass is 10.2. The monoisotopic (exact) mass is 285 g/mol. The second-order valence-electron chi connectivity index (χ2n) is 3.60. The first-order valence-electron chi connectivity index (χ1n) is 5.22. The van der Waals surface area contributed by atoms with E-state index >= 15 is 0 Å². The molecular weight excluding hydrogens is 276 g/mol. The number of ether oxygens (including phenoxy) is 1. The number of halogens is 3. The molecule has 0 saturated heterocycles. The van der Waals surface area contributed by atoms with Crippen molar-refractivity contribution in [2.24, 2.45) is 5.73 Å². The summed E-state index contributed by atoms with van der Waals surface area (Å²) in [5.74, 6) is 0.450. The maximum atomic E-state index is 12.9. The predicted octanol–water partition coefficient (Wildman–Crippen LogP) is 4.38. The molecule has 94 valence electrons. The Morgan fingerprint density at radius 1 is 1.06 bits per heavy atom. The zero-order valence-corrected chi connectivity index (χ0v) is 10.8. The van der Waals surface area contributed by atoms with E-state index in [-0.39, 0.29) is 11.6 Å². The highest BCUT2D eigenvalue weighted by molar-refractivity contribution is 6.32. The number of rotatable bonds is 3. The Balaban J connectivity index is 2.37. The minimum atomic E-state index is -0.419. The summed E-state index contributed by atoms with van der Waals surface area (Å²) in [4.78, 5) is 0. The van der Waals surface area contributed by atoms with E-state index in [0.717, 1.165) is 0 Å². The quantitative estimate of drug-likeness (QED) is 0.908. The van der Waals surface area contributed by atoms with Gasteiger partial charge in [-0.1, -0.05) is 29.3 Å². The topological polar surface area (TPSA) is 35.2 Å². The van der Waals surface area contributed by atoms with Gasteiger partial charge in [0.15, 0.2) is 0 Å². The molecule has 0 unspecified atom stereocenters. The normalized spacial score (nSPS) is 10.4. The zero-order chi connectivity index (χ0) is 13.1. The molecule has 0 spiro atoms. The van der Waals surface area contributed by atoms with Gasteiger partial charge in [0.1, 0.15) is 17.3 Å². The van der Waals surface area contributed by atoms with Crippen LogP contribution < -0.4 is 10.5 Å². The summed E-state index contributed by atoms with van der Waals surface area (Å²) < 4.78 is 18.5. The number of hydrogen-bond acceptors (Lipinski definition) is 2. The molecule has 0 saturated carbocycles. The van der Waals surface area contributed by atoms with Gasteiger partial charge in [-0.2, -0.15) is 0 Å². The Labute approximate surface area is 114 Å². The molecular formula is C13H10Cl2FNO. The average Bonchev–Trinajstić information content (AvgIpc) is 2.33. The first-order chi connectivity index (χ1) is 8.61. The standard InChI is InChI=1S/C13H10Cl2FNO/c14-10-2-1-3-12(9(10)7-17)18-13-5-4-8(16)6-11(13)15/h1-6H,7,17H2. The van der Waals surface area contributed by atoms with Crippen LogP contribution in [0.15, 0.2) is 36.4 Å². The van der Waals surface area contributed by atoms with Crippen molar-refractivity contribution in [3.8, 4) is 11.5 Å². The van der Waals surface area contributed by atoms with Gasteiger partial charge in [0.05, 0.1) is 5.02 Å². The van der Waals surface area contributed by atoms with Crippen molar-refractivity contribution in [3.05, 3.63) is 57.8 Å². The van der Waals surface area contributed by atoms with Crippen molar-refractivity contribution in [2.45, 2.75) is 6.54 Å². The van der Waals surface area contributed by atoms with Gasteiger partial charge in [-0.15, -0.1) is 0 Å². The van der Waals surface area contributed by atoms with Crippen molar-refractivity contribution in [1.29, 1.82) is 0 Å². The van der Waals surface area contributed by atoms with E-state index in [1.165, 1.54) is 18.2 Å². The fraction of sp³-hybridized carbons (Fsp3) is 0.0769. The summed E-state index contributed by atoms with van der Waals surface area (Å²) in [6.45, 7) is 0.244. The summed E-state index contributed by atoms with van der Waals surface area (Å²) in [5, 5.41) is 0.714. The molecule has 0 atom stereocenters. The highest BCUT2D eigenvalue weighted by Crippen LogP contribution is 2.33. The van der Waals surface area contributed by atoms with E-state index in [9.17, 15) is 4.39 Å². The van der Waals surface area contributed by atoms with Crippen LogP contribution >= 0.6 is 23.2 Å². The number of nitrogens with two attached hydrogens (primary N) is 1. The Kier molecular flexibility index (Phi) is 4.07. The molecule has 0 radical (unpaired) electrons. The van der Waals surface area contributed by atoms with Crippen LogP contribution in [0.4, 0.5) is 4.39 Å². The summed E-state index contributed by atoms with van der Waals surface area (Å²) in [7, 11) is 0. The summed E-state index contributed by atoms with van der Waals surface area (Å²) >= 11 is 11.9. The first kappa shape index (κ1) is 13.1. The van der Waals surface area contributed by atoms with Crippen molar-refractivity contribution in [1.82, 2.24) is 0 Å². The van der Waals surface area contributed by atoms with E-state index in [0.29, 0.717) is 22.1 Å². The molecule has 0 heterocycles. The SMILES string of the molecule is NCc1c(Cl)cccc1Oc1ccc(F)cc1Cl. The lowest BCUT2D eigenvalue weighted by molar-refractivity contribution is 0.475. The highest BCUT2D eigenvalue weighted by Gasteiger charge is 2.10. The van der Waals surface area contributed by atoms with Gasteiger partial charge in [-0.05, 0) is 30.3 Å². The molecule has 0 amide bonds. The first-order valence-corrected chi connectivity index (χ1v) is 5.97. The van der Waals surface area contributed by atoms with Crippen LogP contribution in [-0.4, -0.2) is 0 Å². The molecule has 2 rings (SSSR count). The van der Waals surface area contributed by atoms with E-state index in [2.05, 4.69) is 0 Å². The third kappa shape index (κ3) is 2.75. The van der Waals surface area contributed by atoms with Crippen LogP contribution in [0.25, 0.3) is 0 Å². The minimum Gasteiger partial charge on any atom is -0.455 e. The summed E-state index contributed by atoms with van der Waals surface area (Å²) in [6.07, 6.45) is 0. The largest absolute Gasteiger partial charge is 0.455 e. The molecule has 0 aliphatic rings. The van der Waals surface area contributed by atoms with E-state index < -0.39 is 5.82 Å². The minimum absolute atomic E-state index is 0.193. The van der Waals surface area contributed by atoms with Crippen LogP contribution in [-0.2, 0) is 6.54 Å². The van der Waals surface area contributed by atoms with Gasteiger partial charge < -0.3 is 10.5 Å². The molecule has 2 N–H and O–H groups in total. The Bertz CT molecular complexity index is 575. The summed E-state index contributed by atoms with van der Waals surface area (Å²) in [6, 6.07) is 9.11. The second-order valence-corrected chi connectivity index (χ2v) is 4.41. The lowest BCUT2D eigenvalue weighted by Gasteiger charge is -2.12. The lowest BCUT2D eigenvalue weighted by Crippen LogP contribution is -2.00. The molecule has 2 aromatic rings. The van der Waals surface area contributed by atoms with Crippen molar-refractivity contribution in [3.63, 3.8) is 0 Å². The molecule has 18 heavy (non-hydrogen) atoms. The highest BCUT2D eigenvalue weighted by atomic mass is 35.5. The Morgan fingerprint density at radius 3 is 2.50 bits per heavy atom. The van der Waals surface area contributed by atoms with Crippen LogP contribution in [0.5, 0.6) is 11.5 Å². The molecule has 0 bridgehead atoms. The van der Waals surface area contributed by atoms with Crippen molar-refractivity contribution >= 4 is 23.2 Å². The van der Waals surface area contributed by atoms with Crippen LogP contribution in [0.2, 0.25) is 10.0 Å². The predicted molar refractivity (Wildman–Crippen MR) is 70.8 cm³/mol. The van der Waals surface area contributed by atoms with Crippen molar-refractivity contribution < 1.29 is 9.13 Å². The maximum absolute atomic E-state index is 12.9. The summed E-state index contributed by atoms with van der Waals surface area (Å²) in [5.41, 5.74) is 6.29. The Morgan fingerprint density at radius 2 is 1.83 bits per heavy atom. The molecule has 0 aliphatic heterocycles. The van der Waals surface area contributed by atoms with Gasteiger partial charge >= 0.3 is 0 Å². The molecule has 5 heteroatoms. The third-order valence-corrected chi connectivity index (χ3v) is 3.04. The average molecular weight is 286 g/mol. The third-order valence-electron chi connectivity index (χ3n) is 2.39. The van der Waals surface area contributed by atoms with E-state index in [4.69, 9.17) is 33.7 Å². The molecule has 2 nitrogen and oxygen atoms in total. The Hall–Kier alpha value is -1.29. The number of benzene rings is 2. The second kappa shape index (κ2) is 5.57. The molecule has 0 fully saturated rings. The molecule has 0 aromatic heterocycles. The van der Waals surface area contributed by atoms with Gasteiger partial charge in [0.25, 0.3) is 0 Å². The van der Waals surface area contributed by atoms with Gasteiger partial charge in [0.2, 0.25) is 0 Å². The fourth-order valence-electron chi connectivity index (χ4n) is 1.51. The van der Waals surface area contributed by atoms with Gasteiger partial charge in [0, 0.05) is 17.1 Å². The van der Waals surface area contributed by atoms with Crippen LogP contribution in [0, 0.1) is 5.82 Å².